The van der Waals surface area contributed by atoms with Gasteiger partial charge in [-0.15, -0.1) is 11.3 Å². The van der Waals surface area contributed by atoms with Gasteiger partial charge in [0.05, 0.1) is 5.25 Å². The second-order valence-corrected chi connectivity index (χ2v) is 8.43. The number of sulfonamides is 1. The maximum Gasteiger partial charge on any atom is 0.214 e. The van der Waals surface area contributed by atoms with Gasteiger partial charge in [-0.1, -0.05) is 30.3 Å². The molecule has 0 amide bonds. The first-order chi connectivity index (χ1) is 10.1. The first-order valence-electron chi connectivity index (χ1n) is 6.86. The zero-order valence-corrected chi connectivity index (χ0v) is 13.0. The maximum absolute atomic E-state index is 11.8. The molecule has 0 bridgehead atoms. The van der Waals surface area contributed by atoms with Crippen LogP contribution < -0.4 is 4.72 Å². The smallest absolute Gasteiger partial charge is 0.214 e. The minimum Gasteiger partial charge on any atom is -0.383 e. The van der Waals surface area contributed by atoms with E-state index in [1.807, 2.05) is 42.5 Å². The van der Waals surface area contributed by atoms with E-state index in [0.717, 1.165) is 28.2 Å². The topological polar surface area (TPSA) is 66.4 Å². The van der Waals surface area contributed by atoms with Crippen molar-refractivity contribution in [2.45, 2.75) is 30.7 Å². The Morgan fingerprint density at radius 3 is 2.57 bits per heavy atom. The first kappa shape index (κ1) is 14.7. The van der Waals surface area contributed by atoms with Crippen molar-refractivity contribution in [1.29, 1.82) is 0 Å². The minimum absolute atomic E-state index is 0.202. The highest BCUT2D eigenvalue weighted by atomic mass is 32.2. The minimum atomic E-state index is -3.15. The molecule has 1 aliphatic carbocycles. The Balaban J connectivity index is 1.66. The molecule has 0 spiro atoms. The summed E-state index contributed by atoms with van der Waals surface area (Å²) in [5.74, 6) is 0. The highest BCUT2D eigenvalue weighted by Crippen LogP contribution is 2.30. The quantitative estimate of drug-likeness (QED) is 0.858. The van der Waals surface area contributed by atoms with Gasteiger partial charge in [-0.05, 0) is 30.5 Å². The summed E-state index contributed by atoms with van der Waals surface area (Å²) in [6.45, 7) is 0.297. The Bertz CT molecular complexity index is 706. The highest BCUT2D eigenvalue weighted by Gasteiger charge is 2.35. The molecule has 3 rings (SSSR count). The van der Waals surface area contributed by atoms with Crippen molar-refractivity contribution in [1.82, 2.24) is 4.72 Å². The van der Waals surface area contributed by atoms with E-state index in [9.17, 15) is 13.5 Å². The molecule has 1 aromatic heterocycles. The SMILES string of the molecule is O=S(=O)(NCc1ccc([C@@H](O)c2ccccc2)s1)C1CC1. The molecule has 1 heterocycles. The van der Waals surface area contributed by atoms with Crippen LogP contribution in [-0.4, -0.2) is 18.8 Å². The fourth-order valence-corrected chi connectivity index (χ4v) is 4.51. The van der Waals surface area contributed by atoms with E-state index in [1.54, 1.807) is 0 Å². The van der Waals surface area contributed by atoms with E-state index >= 15 is 0 Å². The van der Waals surface area contributed by atoms with Crippen LogP contribution in [0.15, 0.2) is 42.5 Å². The molecule has 1 fully saturated rings. The molecule has 4 nitrogen and oxygen atoms in total. The lowest BCUT2D eigenvalue weighted by molar-refractivity contribution is 0.224. The molecule has 0 unspecified atom stereocenters. The highest BCUT2D eigenvalue weighted by molar-refractivity contribution is 7.90. The van der Waals surface area contributed by atoms with Crippen LogP contribution in [-0.2, 0) is 16.6 Å². The van der Waals surface area contributed by atoms with Crippen molar-refractivity contribution < 1.29 is 13.5 Å². The number of thiophene rings is 1. The van der Waals surface area contributed by atoms with Gasteiger partial charge in [0.1, 0.15) is 6.10 Å². The molecule has 0 aliphatic heterocycles. The maximum atomic E-state index is 11.8. The van der Waals surface area contributed by atoms with Gasteiger partial charge in [0.2, 0.25) is 10.0 Å². The molecule has 1 aromatic carbocycles. The number of benzene rings is 1. The lowest BCUT2D eigenvalue weighted by Gasteiger charge is -2.08. The molecular weight excluding hydrogens is 306 g/mol. The molecule has 1 saturated carbocycles. The van der Waals surface area contributed by atoms with Gasteiger partial charge in [-0.2, -0.15) is 0 Å². The molecule has 6 heteroatoms. The predicted molar refractivity (Wildman–Crippen MR) is 83.6 cm³/mol. The first-order valence-corrected chi connectivity index (χ1v) is 9.22. The van der Waals surface area contributed by atoms with Gasteiger partial charge in [0.25, 0.3) is 0 Å². The van der Waals surface area contributed by atoms with Crippen LogP contribution in [0, 0.1) is 0 Å². The third-order valence-corrected chi connectivity index (χ3v) is 6.51. The standard InChI is InChI=1S/C15H17NO3S2/c17-15(11-4-2-1-3-5-11)14-9-6-12(20-14)10-16-21(18,19)13-7-8-13/h1-6,9,13,15-17H,7-8,10H2/t15-/m0/s1. The second kappa shape index (κ2) is 5.88. The molecule has 112 valence electrons. The number of hydrogen-bond donors (Lipinski definition) is 2. The van der Waals surface area contributed by atoms with Crippen LogP contribution in [0.25, 0.3) is 0 Å². The van der Waals surface area contributed by atoms with E-state index in [2.05, 4.69) is 4.72 Å². The number of nitrogens with one attached hydrogen (secondary N) is 1. The molecule has 2 N–H and O–H groups in total. The number of rotatable bonds is 6. The Labute approximate surface area is 128 Å². The summed E-state index contributed by atoms with van der Waals surface area (Å²) >= 11 is 1.43. The van der Waals surface area contributed by atoms with Crippen LogP contribution in [0.1, 0.15) is 34.3 Å². The van der Waals surface area contributed by atoms with Crippen LogP contribution in [0.4, 0.5) is 0 Å². The summed E-state index contributed by atoms with van der Waals surface area (Å²) in [4.78, 5) is 1.73. The zero-order chi connectivity index (χ0) is 14.9. The fraction of sp³-hybridized carbons (Fsp3) is 0.333. The van der Waals surface area contributed by atoms with Crippen molar-refractivity contribution in [3.8, 4) is 0 Å². The third-order valence-electron chi connectivity index (χ3n) is 3.48. The average Bonchev–Trinajstić information content (AvgIpc) is 3.26. The van der Waals surface area contributed by atoms with Crippen molar-refractivity contribution >= 4 is 21.4 Å². The van der Waals surface area contributed by atoms with E-state index < -0.39 is 16.1 Å². The van der Waals surface area contributed by atoms with Crippen molar-refractivity contribution in [3.05, 3.63) is 57.8 Å². The van der Waals surface area contributed by atoms with Gasteiger partial charge in [0.15, 0.2) is 0 Å². The van der Waals surface area contributed by atoms with Gasteiger partial charge >= 0.3 is 0 Å². The molecule has 0 radical (unpaired) electrons. The van der Waals surface area contributed by atoms with Crippen LogP contribution in [0.5, 0.6) is 0 Å². The lowest BCUT2D eigenvalue weighted by Crippen LogP contribution is -2.26. The number of aliphatic hydroxyl groups excluding tert-OH is 1. The summed E-state index contributed by atoms with van der Waals surface area (Å²) < 4.78 is 26.2. The van der Waals surface area contributed by atoms with E-state index in [0.29, 0.717) is 6.54 Å². The summed E-state index contributed by atoms with van der Waals surface area (Å²) in [7, 11) is -3.15. The number of aliphatic hydroxyl groups is 1. The zero-order valence-electron chi connectivity index (χ0n) is 11.4. The van der Waals surface area contributed by atoms with E-state index in [-0.39, 0.29) is 5.25 Å². The predicted octanol–water partition coefficient (Wildman–Crippen LogP) is 2.41. The molecule has 2 aromatic rings. The summed E-state index contributed by atoms with van der Waals surface area (Å²) in [5, 5.41) is 10.1. The van der Waals surface area contributed by atoms with Crippen molar-refractivity contribution in [2.75, 3.05) is 0 Å². The van der Waals surface area contributed by atoms with Crippen LogP contribution in [0.2, 0.25) is 0 Å². The van der Waals surface area contributed by atoms with E-state index in [1.165, 1.54) is 11.3 Å². The molecular formula is C15H17NO3S2. The summed E-state index contributed by atoms with van der Waals surface area (Å²) in [6, 6.07) is 13.1. The molecule has 0 saturated heterocycles. The summed E-state index contributed by atoms with van der Waals surface area (Å²) in [5.41, 5.74) is 0.837. The lowest BCUT2D eigenvalue weighted by atomic mass is 10.1. The Morgan fingerprint density at radius 1 is 1.19 bits per heavy atom. The van der Waals surface area contributed by atoms with Crippen LogP contribution >= 0.6 is 11.3 Å². The van der Waals surface area contributed by atoms with Gasteiger partial charge in [0, 0.05) is 16.3 Å². The normalized spacial score (nSPS) is 16.8. The second-order valence-electron chi connectivity index (χ2n) is 5.18. The largest absolute Gasteiger partial charge is 0.383 e. The van der Waals surface area contributed by atoms with Crippen molar-refractivity contribution in [2.24, 2.45) is 0 Å². The Morgan fingerprint density at radius 2 is 1.90 bits per heavy atom. The Hall–Kier alpha value is -1.21. The summed E-state index contributed by atoms with van der Waals surface area (Å²) in [6.07, 6.45) is 0.861. The fourth-order valence-electron chi connectivity index (χ4n) is 2.10. The van der Waals surface area contributed by atoms with Gasteiger partial charge in [-0.3, -0.25) is 0 Å². The van der Waals surface area contributed by atoms with Crippen LogP contribution in [0.3, 0.4) is 0 Å². The van der Waals surface area contributed by atoms with Crippen molar-refractivity contribution in [3.63, 3.8) is 0 Å². The molecule has 21 heavy (non-hydrogen) atoms. The monoisotopic (exact) mass is 323 g/mol. The average molecular weight is 323 g/mol. The number of hydrogen-bond acceptors (Lipinski definition) is 4. The molecule has 1 aliphatic rings. The van der Waals surface area contributed by atoms with Gasteiger partial charge < -0.3 is 5.11 Å². The van der Waals surface area contributed by atoms with Gasteiger partial charge in [-0.25, -0.2) is 13.1 Å². The van der Waals surface area contributed by atoms with E-state index in [4.69, 9.17) is 0 Å². The molecule has 1 atom stereocenters. The third kappa shape index (κ3) is 3.52. The Kier molecular flexibility index (Phi) is 4.12.